The number of pyridine rings is 1. The number of methoxy groups -OCH3 is 1. The van der Waals surface area contributed by atoms with Crippen LogP contribution < -0.4 is 10.5 Å². The summed E-state index contributed by atoms with van der Waals surface area (Å²) in [6, 6.07) is 1.71. The van der Waals surface area contributed by atoms with Gasteiger partial charge in [-0.15, -0.1) is 0 Å². The Morgan fingerprint density at radius 2 is 2.45 bits per heavy atom. The van der Waals surface area contributed by atoms with Crippen LogP contribution in [0.1, 0.15) is 5.69 Å². The number of rotatable bonds is 2. The summed E-state index contributed by atoms with van der Waals surface area (Å²) in [4.78, 5) is 4.00. The quantitative estimate of drug-likeness (QED) is 0.691. The van der Waals surface area contributed by atoms with Gasteiger partial charge in [-0.25, -0.2) is 0 Å². The Morgan fingerprint density at radius 1 is 1.73 bits per heavy atom. The zero-order valence-electron chi connectivity index (χ0n) is 6.37. The number of nitrogens with zero attached hydrogens (tertiary/aromatic N) is 1. The lowest BCUT2D eigenvalue weighted by molar-refractivity contribution is 0.413. The summed E-state index contributed by atoms with van der Waals surface area (Å²) in [6.45, 7) is 3.56. The van der Waals surface area contributed by atoms with Crippen molar-refractivity contribution in [3.8, 4) is 5.75 Å². The van der Waals surface area contributed by atoms with Gasteiger partial charge in [0.2, 0.25) is 0 Å². The summed E-state index contributed by atoms with van der Waals surface area (Å²) in [5, 5.41) is 0. The van der Waals surface area contributed by atoms with Gasteiger partial charge in [0.1, 0.15) is 5.75 Å². The molecule has 0 unspecified atom stereocenters. The molecule has 58 valence electrons. The molecule has 0 radical (unpaired) electrons. The van der Waals surface area contributed by atoms with E-state index in [1.54, 1.807) is 25.4 Å². The van der Waals surface area contributed by atoms with Crippen molar-refractivity contribution >= 4 is 11.8 Å². The Labute approximate surface area is 65.5 Å². The Morgan fingerprint density at radius 3 is 2.91 bits per heavy atom. The molecule has 3 heteroatoms. The van der Waals surface area contributed by atoms with E-state index < -0.39 is 0 Å². The van der Waals surface area contributed by atoms with Gasteiger partial charge in [-0.05, 0) is 6.08 Å². The number of hydrogen-bond donors (Lipinski definition) is 1. The highest BCUT2D eigenvalue weighted by molar-refractivity contribution is 5.60. The monoisotopic (exact) mass is 150 g/mol. The fourth-order valence-corrected chi connectivity index (χ4v) is 0.754. The molecular formula is C8H10N2O. The Balaban J connectivity index is 3.09. The summed E-state index contributed by atoms with van der Waals surface area (Å²) in [7, 11) is 1.57. The highest BCUT2D eigenvalue weighted by Gasteiger charge is 1.97. The molecule has 1 heterocycles. The predicted molar refractivity (Wildman–Crippen MR) is 45.3 cm³/mol. The molecule has 0 amide bonds. The van der Waals surface area contributed by atoms with Gasteiger partial charge in [0, 0.05) is 6.07 Å². The maximum absolute atomic E-state index is 5.59. The van der Waals surface area contributed by atoms with Crippen LogP contribution in [0.2, 0.25) is 0 Å². The molecule has 0 saturated carbocycles. The molecule has 0 aromatic carbocycles. The van der Waals surface area contributed by atoms with Crippen LogP contribution in [0.4, 0.5) is 5.69 Å². The molecule has 11 heavy (non-hydrogen) atoms. The van der Waals surface area contributed by atoms with E-state index in [1.807, 2.05) is 0 Å². The van der Waals surface area contributed by atoms with E-state index in [0.29, 0.717) is 17.1 Å². The van der Waals surface area contributed by atoms with Gasteiger partial charge < -0.3 is 10.5 Å². The van der Waals surface area contributed by atoms with Crippen molar-refractivity contribution in [2.75, 3.05) is 12.8 Å². The SMILES string of the molecule is C=Cc1ncc(OC)cc1N. The molecule has 0 spiro atoms. The van der Waals surface area contributed by atoms with Crippen molar-refractivity contribution in [2.45, 2.75) is 0 Å². The molecule has 1 rings (SSSR count). The number of ether oxygens (including phenoxy) is 1. The number of nitrogen functional groups attached to an aromatic ring is 1. The normalized spacial score (nSPS) is 9.18. The van der Waals surface area contributed by atoms with Gasteiger partial charge in [-0.1, -0.05) is 6.58 Å². The molecule has 0 aliphatic carbocycles. The molecule has 0 atom stereocenters. The molecule has 1 aromatic heterocycles. The summed E-state index contributed by atoms with van der Waals surface area (Å²) >= 11 is 0. The van der Waals surface area contributed by atoms with Crippen LogP contribution in [-0.4, -0.2) is 12.1 Å². The van der Waals surface area contributed by atoms with Gasteiger partial charge in [0.05, 0.1) is 24.7 Å². The third-order valence-electron chi connectivity index (χ3n) is 1.35. The van der Waals surface area contributed by atoms with E-state index in [1.165, 1.54) is 0 Å². The lowest BCUT2D eigenvalue weighted by Crippen LogP contribution is -1.93. The molecule has 3 nitrogen and oxygen atoms in total. The third-order valence-corrected chi connectivity index (χ3v) is 1.35. The lowest BCUT2D eigenvalue weighted by Gasteiger charge is -2.01. The topological polar surface area (TPSA) is 48.1 Å². The number of nitrogens with two attached hydrogens (primary N) is 1. The van der Waals surface area contributed by atoms with Crippen molar-refractivity contribution < 1.29 is 4.74 Å². The summed E-state index contributed by atoms with van der Waals surface area (Å²) in [5.74, 6) is 0.660. The maximum Gasteiger partial charge on any atom is 0.139 e. The molecule has 1 aromatic rings. The first-order valence-corrected chi connectivity index (χ1v) is 3.20. The van der Waals surface area contributed by atoms with Crippen LogP contribution in [0.3, 0.4) is 0 Å². The van der Waals surface area contributed by atoms with Crippen molar-refractivity contribution in [3.63, 3.8) is 0 Å². The Hall–Kier alpha value is -1.51. The van der Waals surface area contributed by atoms with Crippen molar-refractivity contribution in [1.29, 1.82) is 0 Å². The first kappa shape index (κ1) is 7.60. The van der Waals surface area contributed by atoms with E-state index >= 15 is 0 Å². The van der Waals surface area contributed by atoms with E-state index in [0.717, 1.165) is 0 Å². The van der Waals surface area contributed by atoms with Gasteiger partial charge in [0.15, 0.2) is 0 Å². The van der Waals surface area contributed by atoms with Crippen LogP contribution in [0.5, 0.6) is 5.75 Å². The van der Waals surface area contributed by atoms with E-state index in [4.69, 9.17) is 10.5 Å². The predicted octanol–water partition coefficient (Wildman–Crippen LogP) is 1.32. The molecule has 0 aliphatic heterocycles. The summed E-state index contributed by atoms with van der Waals surface area (Å²) in [5.41, 5.74) is 6.86. The zero-order chi connectivity index (χ0) is 8.27. The molecule has 0 bridgehead atoms. The lowest BCUT2D eigenvalue weighted by atomic mass is 10.3. The molecular weight excluding hydrogens is 140 g/mol. The van der Waals surface area contributed by atoms with Gasteiger partial charge in [0.25, 0.3) is 0 Å². The van der Waals surface area contributed by atoms with Gasteiger partial charge >= 0.3 is 0 Å². The van der Waals surface area contributed by atoms with E-state index in [-0.39, 0.29) is 0 Å². The van der Waals surface area contributed by atoms with Crippen LogP contribution >= 0.6 is 0 Å². The second-order valence-electron chi connectivity index (χ2n) is 2.05. The van der Waals surface area contributed by atoms with Crippen LogP contribution in [0.15, 0.2) is 18.8 Å². The van der Waals surface area contributed by atoms with E-state index in [2.05, 4.69) is 11.6 Å². The number of aromatic nitrogens is 1. The van der Waals surface area contributed by atoms with Crippen LogP contribution in [0, 0.1) is 0 Å². The second kappa shape index (κ2) is 3.05. The average molecular weight is 150 g/mol. The minimum Gasteiger partial charge on any atom is -0.495 e. The molecule has 0 aliphatic rings. The molecule has 0 fully saturated rings. The standard InChI is InChI=1S/C8H10N2O/c1-3-8-7(9)4-6(11-2)5-10-8/h3-5H,1,9H2,2H3. The number of anilines is 1. The first-order chi connectivity index (χ1) is 5.27. The van der Waals surface area contributed by atoms with Gasteiger partial charge in [-0.3, -0.25) is 4.98 Å². The molecule has 0 saturated heterocycles. The highest BCUT2D eigenvalue weighted by atomic mass is 16.5. The maximum atomic E-state index is 5.59. The largest absolute Gasteiger partial charge is 0.495 e. The van der Waals surface area contributed by atoms with E-state index in [9.17, 15) is 0 Å². The number of hydrogen-bond acceptors (Lipinski definition) is 3. The molecule has 2 N–H and O–H groups in total. The minimum absolute atomic E-state index is 0.583. The van der Waals surface area contributed by atoms with Crippen molar-refractivity contribution in [3.05, 3.63) is 24.5 Å². The Kier molecular flexibility index (Phi) is 2.11. The minimum atomic E-state index is 0.583. The smallest absolute Gasteiger partial charge is 0.139 e. The van der Waals surface area contributed by atoms with Crippen LogP contribution in [0.25, 0.3) is 6.08 Å². The second-order valence-corrected chi connectivity index (χ2v) is 2.05. The van der Waals surface area contributed by atoms with Crippen molar-refractivity contribution in [2.24, 2.45) is 0 Å². The van der Waals surface area contributed by atoms with Crippen molar-refractivity contribution in [1.82, 2.24) is 4.98 Å². The Bertz CT molecular complexity index is 271. The van der Waals surface area contributed by atoms with Crippen LogP contribution in [-0.2, 0) is 0 Å². The highest BCUT2D eigenvalue weighted by Crippen LogP contribution is 2.16. The summed E-state index contributed by atoms with van der Waals surface area (Å²) < 4.78 is 4.92. The summed E-state index contributed by atoms with van der Waals surface area (Å²) in [6.07, 6.45) is 3.21. The first-order valence-electron chi connectivity index (χ1n) is 3.20. The average Bonchev–Trinajstić information content (AvgIpc) is 2.04. The zero-order valence-corrected chi connectivity index (χ0v) is 6.37. The third kappa shape index (κ3) is 1.49. The fourth-order valence-electron chi connectivity index (χ4n) is 0.754. The fraction of sp³-hybridized carbons (Fsp3) is 0.125. The van der Waals surface area contributed by atoms with Gasteiger partial charge in [-0.2, -0.15) is 0 Å².